The highest BCUT2D eigenvalue weighted by Crippen LogP contribution is 2.11. The molecule has 1 N–H and O–H groups in total. The van der Waals surface area contributed by atoms with E-state index in [0.29, 0.717) is 18.9 Å². The van der Waals surface area contributed by atoms with E-state index in [1.165, 1.54) is 0 Å². The molecule has 1 aromatic rings. The van der Waals surface area contributed by atoms with Crippen LogP contribution in [0.5, 0.6) is 0 Å². The maximum Gasteiger partial charge on any atom is 0.333 e. The van der Waals surface area contributed by atoms with E-state index >= 15 is 0 Å². The number of carbonyl (C=O) groups is 1. The maximum absolute atomic E-state index is 11.1. The average molecular weight is 348 g/mol. The van der Waals surface area contributed by atoms with Crippen molar-refractivity contribution >= 4 is 28.6 Å². The van der Waals surface area contributed by atoms with Crippen molar-refractivity contribution in [1.82, 2.24) is 0 Å². The van der Waals surface area contributed by atoms with Crippen LogP contribution in [0.25, 0.3) is 0 Å². The molecule has 0 aliphatic rings. The van der Waals surface area contributed by atoms with Gasteiger partial charge >= 0.3 is 5.97 Å². The number of ether oxygens (including phenoxy) is 1. The van der Waals surface area contributed by atoms with Gasteiger partial charge in [0.1, 0.15) is 0 Å². The van der Waals surface area contributed by atoms with Gasteiger partial charge in [0.2, 0.25) is 0 Å². The number of hydrogen-bond acceptors (Lipinski definition) is 2. The largest absolute Gasteiger partial charge is 0.479 e. The highest BCUT2D eigenvalue weighted by atomic mass is 127. The van der Waals surface area contributed by atoms with E-state index in [0.717, 1.165) is 9.13 Å². The topological polar surface area (TPSA) is 46.5 Å². The highest BCUT2D eigenvalue weighted by molar-refractivity contribution is 14.1. The van der Waals surface area contributed by atoms with Crippen LogP contribution in [0.4, 0.5) is 0 Å². The van der Waals surface area contributed by atoms with Crippen LogP contribution in [-0.4, -0.2) is 23.8 Å². The molecule has 0 saturated carbocycles. The van der Waals surface area contributed by atoms with Crippen molar-refractivity contribution in [3.63, 3.8) is 0 Å². The third-order valence-electron chi connectivity index (χ3n) is 2.24. The number of aliphatic carboxylic acids is 1. The third kappa shape index (κ3) is 5.50. The van der Waals surface area contributed by atoms with Crippen LogP contribution < -0.4 is 0 Å². The number of carboxylic acids is 1. The van der Waals surface area contributed by atoms with Crippen LogP contribution in [-0.2, 0) is 16.0 Å². The Morgan fingerprint density at radius 2 is 1.94 bits per heavy atom. The van der Waals surface area contributed by atoms with E-state index in [2.05, 4.69) is 22.6 Å². The van der Waals surface area contributed by atoms with Gasteiger partial charge in [-0.15, -0.1) is 0 Å². The summed E-state index contributed by atoms with van der Waals surface area (Å²) in [5.74, 6) is -0.558. The molecule has 3 nitrogen and oxygen atoms in total. The fourth-order valence-corrected chi connectivity index (χ4v) is 1.72. The highest BCUT2D eigenvalue weighted by Gasteiger charge is 2.18. The van der Waals surface area contributed by atoms with E-state index in [9.17, 15) is 4.79 Å². The molecule has 17 heavy (non-hydrogen) atoms. The van der Waals surface area contributed by atoms with Gasteiger partial charge in [0, 0.05) is 9.99 Å². The minimum Gasteiger partial charge on any atom is -0.479 e. The first-order valence-corrected chi connectivity index (χ1v) is 6.65. The van der Waals surface area contributed by atoms with E-state index in [1.807, 2.05) is 38.1 Å². The Kier molecular flexibility index (Phi) is 5.91. The van der Waals surface area contributed by atoms with Crippen molar-refractivity contribution in [2.24, 2.45) is 5.92 Å². The minimum atomic E-state index is -0.899. The average Bonchev–Trinajstić information content (AvgIpc) is 2.26. The lowest BCUT2D eigenvalue weighted by Gasteiger charge is -2.15. The number of rotatable bonds is 6. The molecule has 0 radical (unpaired) electrons. The lowest BCUT2D eigenvalue weighted by atomic mass is 10.1. The summed E-state index contributed by atoms with van der Waals surface area (Å²) in [5, 5.41) is 9.08. The summed E-state index contributed by atoms with van der Waals surface area (Å²) in [7, 11) is 0. The molecular weight excluding hydrogens is 331 g/mol. The molecule has 0 heterocycles. The number of benzene rings is 1. The van der Waals surface area contributed by atoms with Crippen molar-refractivity contribution in [1.29, 1.82) is 0 Å². The molecule has 0 aliphatic carbocycles. The van der Waals surface area contributed by atoms with Gasteiger partial charge in [0.05, 0.1) is 6.61 Å². The molecule has 0 fully saturated rings. The molecule has 0 saturated heterocycles. The van der Waals surface area contributed by atoms with Crippen LogP contribution in [0.1, 0.15) is 19.4 Å². The Hall–Kier alpha value is -0.620. The van der Waals surface area contributed by atoms with Crippen molar-refractivity contribution in [3.05, 3.63) is 33.4 Å². The molecule has 4 heteroatoms. The number of carboxylic acid groups (broad SMARTS) is 1. The fraction of sp³-hybridized carbons (Fsp3) is 0.462. The van der Waals surface area contributed by atoms with Gasteiger partial charge in [-0.1, -0.05) is 26.0 Å². The Bertz CT molecular complexity index is 359. The number of hydrogen-bond donors (Lipinski definition) is 1. The molecule has 0 spiro atoms. The molecule has 0 aromatic heterocycles. The predicted octanol–water partition coefficient (Wildman–Crippen LogP) is 2.96. The molecule has 0 unspecified atom stereocenters. The van der Waals surface area contributed by atoms with Crippen molar-refractivity contribution in [2.45, 2.75) is 26.4 Å². The Balaban J connectivity index is 2.60. The summed E-state index contributed by atoms with van der Waals surface area (Å²) in [6.07, 6.45) is -0.337. The predicted molar refractivity (Wildman–Crippen MR) is 75.1 cm³/mol. The second kappa shape index (κ2) is 6.96. The molecular formula is C13H17IO3. The molecule has 94 valence electrons. The van der Waals surface area contributed by atoms with Gasteiger partial charge in [0.15, 0.2) is 6.10 Å². The first-order chi connectivity index (χ1) is 7.99. The minimum absolute atomic E-state index is 0.341. The monoisotopic (exact) mass is 348 g/mol. The second-order valence-electron chi connectivity index (χ2n) is 4.38. The zero-order valence-electron chi connectivity index (χ0n) is 10.0. The van der Waals surface area contributed by atoms with Crippen LogP contribution >= 0.6 is 22.6 Å². The van der Waals surface area contributed by atoms with Gasteiger partial charge < -0.3 is 9.84 Å². The first kappa shape index (κ1) is 14.4. The van der Waals surface area contributed by atoms with Crippen LogP contribution in [0.3, 0.4) is 0 Å². The zero-order chi connectivity index (χ0) is 12.8. The maximum atomic E-state index is 11.1. The Labute approximate surface area is 115 Å². The van der Waals surface area contributed by atoms with E-state index < -0.39 is 12.1 Å². The SMILES string of the molecule is CC(C)CO[C@@H](Cc1ccc(I)cc1)C(=O)O. The third-order valence-corrected chi connectivity index (χ3v) is 2.96. The van der Waals surface area contributed by atoms with Crippen molar-refractivity contribution in [2.75, 3.05) is 6.61 Å². The first-order valence-electron chi connectivity index (χ1n) is 5.58. The van der Waals surface area contributed by atoms with E-state index in [4.69, 9.17) is 9.84 Å². The molecule has 1 rings (SSSR count). The summed E-state index contributed by atoms with van der Waals surface area (Å²) in [6, 6.07) is 7.82. The van der Waals surface area contributed by atoms with Gasteiger partial charge in [0.25, 0.3) is 0 Å². The lowest BCUT2D eigenvalue weighted by Crippen LogP contribution is -2.28. The lowest BCUT2D eigenvalue weighted by molar-refractivity contribution is -0.150. The van der Waals surface area contributed by atoms with Crippen LogP contribution in [0, 0.1) is 9.49 Å². The van der Waals surface area contributed by atoms with Gasteiger partial charge in [-0.3, -0.25) is 0 Å². The second-order valence-corrected chi connectivity index (χ2v) is 5.63. The van der Waals surface area contributed by atoms with Crippen molar-refractivity contribution < 1.29 is 14.6 Å². The van der Waals surface area contributed by atoms with Crippen molar-refractivity contribution in [3.8, 4) is 0 Å². The van der Waals surface area contributed by atoms with E-state index in [1.54, 1.807) is 0 Å². The quantitative estimate of drug-likeness (QED) is 0.804. The summed E-state index contributed by atoms with van der Waals surface area (Å²) in [5.41, 5.74) is 0.988. The Morgan fingerprint density at radius 1 is 1.35 bits per heavy atom. The molecule has 0 bridgehead atoms. The molecule has 0 aliphatic heterocycles. The summed E-state index contributed by atoms with van der Waals surface area (Å²) in [6.45, 7) is 4.48. The zero-order valence-corrected chi connectivity index (χ0v) is 12.2. The smallest absolute Gasteiger partial charge is 0.333 e. The molecule has 1 atom stereocenters. The summed E-state index contributed by atoms with van der Waals surface area (Å²) < 4.78 is 6.54. The van der Waals surface area contributed by atoms with Gasteiger partial charge in [-0.05, 0) is 46.2 Å². The summed E-state index contributed by atoms with van der Waals surface area (Å²) in [4.78, 5) is 11.1. The fourth-order valence-electron chi connectivity index (χ4n) is 1.36. The van der Waals surface area contributed by atoms with E-state index in [-0.39, 0.29) is 0 Å². The molecule has 1 aromatic carbocycles. The van der Waals surface area contributed by atoms with Crippen LogP contribution in [0.2, 0.25) is 0 Å². The summed E-state index contributed by atoms with van der Waals surface area (Å²) >= 11 is 2.22. The standard InChI is InChI=1S/C13H17IO3/c1-9(2)8-17-12(13(15)16)7-10-3-5-11(14)6-4-10/h3-6,9,12H,7-8H2,1-2H3,(H,15,16)/t12-/m0/s1. The van der Waals surface area contributed by atoms with Gasteiger partial charge in [-0.25, -0.2) is 4.79 Å². The normalized spacial score (nSPS) is 12.7. The Morgan fingerprint density at radius 3 is 2.41 bits per heavy atom. The molecule has 0 amide bonds. The number of halogens is 1. The van der Waals surface area contributed by atoms with Crippen LogP contribution in [0.15, 0.2) is 24.3 Å². The van der Waals surface area contributed by atoms with Gasteiger partial charge in [-0.2, -0.15) is 0 Å².